The van der Waals surface area contributed by atoms with Gasteiger partial charge in [-0.1, -0.05) is 6.07 Å². The number of anilines is 1. The van der Waals surface area contributed by atoms with Crippen LogP contribution in [0.15, 0.2) is 18.2 Å². The minimum atomic E-state index is -0.369. The molecular weight excluding hydrogens is 272 g/mol. The number of aliphatic hydroxyl groups is 1. The quantitative estimate of drug-likeness (QED) is 0.644. The van der Waals surface area contributed by atoms with Crippen LogP contribution in [0, 0.1) is 16.0 Å². The summed E-state index contributed by atoms with van der Waals surface area (Å²) in [4.78, 5) is 13.1. The van der Waals surface area contributed by atoms with E-state index in [9.17, 15) is 10.1 Å². The van der Waals surface area contributed by atoms with E-state index in [0.29, 0.717) is 17.4 Å². The Balaban J connectivity index is 2.29. The van der Waals surface area contributed by atoms with Crippen LogP contribution in [0.25, 0.3) is 0 Å². The van der Waals surface area contributed by atoms with E-state index >= 15 is 0 Å². The summed E-state index contributed by atoms with van der Waals surface area (Å²) in [5.41, 5.74) is 0.648. The van der Waals surface area contributed by atoms with Gasteiger partial charge < -0.3 is 14.7 Å². The van der Waals surface area contributed by atoms with Crippen molar-refractivity contribution >= 4 is 11.4 Å². The predicted molar refractivity (Wildman–Crippen MR) is 80.9 cm³/mol. The third-order valence-electron chi connectivity index (χ3n) is 3.69. The average molecular weight is 294 g/mol. The van der Waals surface area contributed by atoms with Crippen LogP contribution in [0.1, 0.15) is 26.7 Å². The van der Waals surface area contributed by atoms with Crippen molar-refractivity contribution < 1.29 is 14.8 Å². The monoisotopic (exact) mass is 294 g/mol. The molecule has 0 radical (unpaired) electrons. The van der Waals surface area contributed by atoms with Gasteiger partial charge in [-0.25, -0.2) is 0 Å². The molecule has 116 valence electrons. The lowest BCUT2D eigenvalue weighted by Gasteiger charge is -2.20. The first kappa shape index (κ1) is 15.6. The summed E-state index contributed by atoms with van der Waals surface area (Å²) in [5.74, 6) is 0.711. The molecule has 21 heavy (non-hydrogen) atoms. The topological polar surface area (TPSA) is 75.8 Å². The molecule has 0 amide bonds. The summed E-state index contributed by atoms with van der Waals surface area (Å²) in [5, 5.41) is 20.5. The van der Waals surface area contributed by atoms with Crippen LogP contribution in [0.4, 0.5) is 11.4 Å². The third-order valence-corrected chi connectivity index (χ3v) is 3.69. The fourth-order valence-electron chi connectivity index (χ4n) is 2.77. The van der Waals surface area contributed by atoms with Gasteiger partial charge in [0.25, 0.3) is 0 Å². The molecule has 1 heterocycles. The van der Waals surface area contributed by atoms with Crippen LogP contribution < -0.4 is 9.64 Å². The Bertz CT molecular complexity index is 504. The van der Waals surface area contributed by atoms with Gasteiger partial charge in [-0.3, -0.25) is 10.1 Å². The van der Waals surface area contributed by atoms with Gasteiger partial charge in [0.2, 0.25) is 0 Å². The van der Waals surface area contributed by atoms with E-state index in [0.717, 1.165) is 25.9 Å². The Labute approximate surface area is 124 Å². The first-order chi connectivity index (χ1) is 10.0. The highest BCUT2D eigenvalue weighted by molar-refractivity contribution is 5.70. The van der Waals surface area contributed by atoms with E-state index in [4.69, 9.17) is 9.84 Å². The molecule has 1 aliphatic heterocycles. The Morgan fingerprint density at radius 3 is 2.90 bits per heavy atom. The van der Waals surface area contributed by atoms with Crippen LogP contribution in [-0.2, 0) is 0 Å². The fourth-order valence-corrected chi connectivity index (χ4v) is 2.77. The largest absolute Gasteiger partial charge is 0.484 e. The van der Waals surface area contributed by atoms with Crippen molar-refractivity contribution in [2.75, 3.05) is 24.6 Å². The number of benzene rings is 1. The molecule has 1 fully saturated rings. The molecule has 1 aliphatic rings. The van der Waals surface area contributed by atoms with Crippen molar-refractivity contribution in [3.8, 4) is 5.75 Å². The lowest BCUT2D eigenvalue weighted by atomic mass is 10.1. The molecule has 2 rings (SSSR count). The third kappa shape index (κ3) is 3.64. The van der Waals surface area contributed by atoms with Crippen LogP contribution in [0.2, 0.25) is 0 Å². The molecule has 0 aliphatic carbocycles. The van der Waals surface area contributed by atoms with Crippen molar-refractivity contribution in [1.82, 2.24) is 0 Å². The summed E-state index contributed by atoms with van der Waals surface area (Å²) in [6.45, 7) is 5.38. The molecule has 6 heteroatoms. The average Bonchev–Trinajstić information content (AvgIpc) is 2.86. The Hall–Kier alpha value is -1.82. The molecule has 0 spiro atoms. The summed E-state index contributed by atoms with van der Waals surface area (Å²) in [7, 11) is 0. The number of nitro groups is 1. The maximum absolute atomic E-state index is 11.4. The molecule has 0 saturated carbocycles. The number of aliphatic hydroxyl groups excluding tert-OH is 1. The van der Waals surface area contributed by atoms with Crippen molar-refractivity contribution in [1.29, 1.82) is 0 Å². The van der Waals surface area contributed by atoms with Crippen LogP contribution >= 0.6 is 0 Å². The molecule has 1 aromatic carbocycles. The first-order valence-corrected chi connectivity index (χ1v) is 7.32. The van der Waals surface area contributed by atoms with E-state index in [2.05, 4.69) is 0 Å². The van der Waals surface area contributed by atoms with Crippen LogP contribution in [0.5, 0.6) is 5.75 Å². The Morgan fingerprint density at radius 2 is 2.29 bits per heavy atom. The second kappa shape index (κ2) is 6.76. The Kier molecular flexibility index (Phi) is 5.01. The number of rotatable bonds is 6. The smallest absolute Gasteiger partial charge is 0.333 e. The molecule has 0 bridgehead atoms. The Morgan fingerprint density at radius 1 is 1.52 bits per heavy atom. The van der Waals surface area contributed by atoms with Gasteiger partial charge in [-0.2, -0.15) is 0 Å². The maximum atomic E-state index is 11.4. The molecular formula is C15H22N2O4. The summed E-state index contributed by atoms with van der Waals surface area (Å²) in [6.07, 6.45) is 1.58. The molecule has 1 N–H and O–H groups in total. The number of nitro benzene ring substituents is 1. The number of ether oxygens (including phenoxy) is 1. The van der Waals surface area contributed by atoms with Gasteiger partial charge in [0.05, 0.1) is 11.0 Å². The zero-order valence-electron chi connectivity index (χ0n) is 12.5. The molecule has 6 nitrogen and oxygen atoms in total. The second-order valence-corrected chi connectivity index (χ2v) is 5.66. The summed E-state index contributed by atoms with van der Waals surface area (Å²) >= 11 is 0. The van der Waals surface area contributed by atoms with E-state index in [-0.39, 0.29) is 23.3 Å². The number of hydrogen-bond acceptors (Lipinski definition) is 5. The minimum Gasteiger partial charge on any atom is -0.484 e. The highest BCUT2D eigenvalue weighted by atomic mass is 16.6. The zero-order chi connectivity index (χ0) is 15.4. The summed E-state index contributed by atoms with van der Waals surface area (Å²) in [6, 6.07) is 5.20. The molecule has 0 aromatic heterocycles. The SMILES string of the molecule is CC(C)Oc1cccc(N2CCC(CCO)C2)c1[N+](=O)[O-]. The van der Waals surface area contributed by atoms with Crippen molar-refractivity contribution in [3.63, 3.8) is 0 Å². The minimum absolute atomic E-state index is 0.0378. The van der Waals surface area contributed by atoms with Crippen LogP contribution in [-0.4, -0.2) is 35.8 Å². The predicted octanol–water partition coefficient (Wildman–Crippen LogP) is 2.59. The van der Waals surface area contributed by atoms with Gasteiger partial charge in [0.15, 0.2) is 5.75 Å². The number of hydrogen-bond donors (Lipinski definition) is 1. The standard InChI is InChI=1S/C15H22N2O4/c1-11(2)21-14-5-3-4-13(15(14)17(19)20)16-8-6-12(10-16)7-9-18/h3-5,11-12,18H,6-10H2,1-2H3. The van der Waals surface area contributed by atoms with Crippen molar-refractivity contribution in [3.05, 3.63) is 28.3 Å². The van der Waals surface area contributed by atoms with E-state index in [1.54, 1.807) is 18.2 Å². The van der Waals surface area contributed by atoms with E-state index in [1.165, 1.54) is 0 Å². The van der Waals surface area contributed by atoms with Crippen molar-refractivity contribution in [2.24, 2.45) is 5.92 Å². The van der Waals surface area contributed by atoms with Gasteiger partial charge in [0, 0.05) is 19.7 Å². The zero-order valence-corrected chi connectivity index (χ0v) is 12.5. The lowest BCUT2D eigenvalue weighted by Crippen LogP contribution is -2.21. The highest BCUT2D eigenvalue weighted by Gasteiger charge is 2.30. The van der Waals surface area contributed by atoms with Gasteiger partial charge in [-0.05, 0) is 44.7 Å². The highest BCUT2D eigenvalue weighted by Crippen LogP contribution is 2.39. The van der Waals surface area contributed by atoms with Gasteiger partial charge in [0.1, 0.15) is 5.69 Å². The van der Waals surface area contributed by atoms with Gasteiger partial charge >= 0.3 is 5.69 Å². The molecule has 1 saturated heterocycles. The van der Waals surface area contributed by atoms with Crippen LogP contribution in [0.3, 0.4) is 0 Å². The normalized spacial score (nSPS) is 18.3. The number of nitrogens with zero attached hydrogens (tertiary/aromatic N) is 2. The molecule has 1 unspecified atom stereocenters. The van der Waals surface area contributed by atoms with Gasteiger partial charge in [-0.15, -0.1) is 0 Å². The molecule has 1 atom stereocenters. The fraction of sp³-hybridized carbons (Fsp3) is 0.600. The lowest BCUT2D eigenvalue weighted by molar-refractivity contribution is -0.385. The van der Waals surface area contributed by atoms with Crippen molar-refractivity contribution in [2.45, 2.75) is 32.8 Å². The number of para-hydroxylation sites is 1. The van der Waals surface area contributed by atoms with E-state index < -0.39 is 0 Å². The second-order valence-electron chi connectivity index (χ2n) is 5.66. The van der Waals surface area contributed by atoms with E-state index in [1.807, 2.05) is 18.7 Å². The first-order valence-electron chi connectivity index (χ1n) is 7.32. The molecule has 1 aromatic rings. The maximum Gasteiger partial charge on any atom is 0.333 e. The summed E-state index contributed by atoms with van der Waals surface area (Å²) < 4.78 is 5.57.